The van der Waals surface area contributed by atoms with E-state index in [2.05, 4.69) is 15.0 Å². The van der Waals surface area contributed by atoms with Crippen LogP contribution in [0.2, 0.25) is 0 Å². The van der Waals surface area contributed by atoms with Gasteiger partial charge in [0.15, 0.2) is 18.2 Å². The van der Waals surface area contributed by atoms with Gasteiger partial charge in [0.2, 0.25) is 11.7 Å². The summed E-state index contributed by atoms with van der Waals surface area (Å²) in [7, 11) is 0. The van der Waals surface area contributed by atoms with E-state index in [0.717, 1.165) is 11.1 Å². The number of ether oxygens (including phenoxy) is 1. The fourth-order valence-corrected chi connectivity index (χ4v) is 3.39. The Labute approximate surface area is 174 Å². The average Bonchev–Trinajstić information content (AvgIpc) is 3.22. The summed E-state index contributed by atoms with van der Waals surface area (Å²) >= 11 is 0. The SMILES string of the molecule is Cc1ccccc1-c1noc(CN2CCN(C(=O)COc3ccccc3F)CC2)n1. The van der Waals surface area contributed by atoms with E-state index in [1.165, 1.54) is 12.1 Å². The zero-order valence-corrected chi connectivity index (χ0v) is 16.8. The van der Waals surface area contributed by atoms with Gasteiger partial charge in [0, 0.05) is 31.7 Å². The van der Waals surface area contributed by atoms with E-state index < -0.39 is 5.82 Å². The van der Waals surface area contributed by atoms with E-state index in [1.807, 2.05) is 31.2 Å². The number of carbonyl (C=O) groups excluding carboxylic acids is 1. The van der Waals surface area contributed by atoms with Gasteiger partial charge in [0.05, 0.1) is 6.54 Å². The molecule has 4 rings (SSSR count). The highest BCUT2D eigenvalue weighted by Crippen LogP contribution is 2.20. The lowest BCUT2D eigenvalue weighted by Crippen LogP contribution is -2.49. The third-order valence-electron chi connectivity index (χ3n) is 5.13. The van der Waals surface area contributed by atoms with Crippen molar-refractivity contribution < 1.29 is 18.4 Å². The van der Waals surface area contributed by atoms with Gasteiger partial charge in [-0.05, 0) is 24.6 Å². The Morgan fingerprint density at radius 2 is 1.83 bits per heavy atom. The van der Waals surface area contributed by atoms with E-state index in [9.17, 15) is 9.18 Å². The summed E-state index contributed by atoms with van der Waals surface area (Å²) < 4.78 is 24.3. The van der Waals surface area contributed by atoms with Gasteiger partial charge in [0.25, 0.3) is 5.91 Å². The summed E-state index contributed by atoms with van der Waals surface area (Å²) in [5.41, 5.74) is 2.05. The van der Waals surface area contributed by atoms with Crippen LogP contribution in [0, 0.1) is 12.7 Å². The third-order valence-corrected chi connectivity index (χ3v) is 5.13. The van der Waals surface area contributed by atoms with Crippen LogP contribution in [-0.4, -0.2) is 58.6 Å². The molecule has 0 spiro atoms. The number of amides is 1. The number of hydrogen-bond acceptors (Lipinski definition) is 6. The lowest BCUT2D eigenvalue weighted by molar-refractivity contribution is -0.135. The predicted molar refractivity (Wildman–Crippen MR) is 108 cm³/mol. The van der Waals surface area contributed by atoms with Crippen LogP contribution in [0.3, 0.4) is 0 Å². The first-order valence-corrected chi connectivity index (χ1v) is 9.86. The number of para-hydroxylation sites is 1. The Kier molecular flexibility index (Phi) is 6.04. The molecule has 1 amide bonds. The maximum absolute atomic E-state index is 13.6. The molecular weight excluding hydrogens is 387 g/mol. The van der Waals surface area contributed by atoms with Crippen LogP contribution in [-0.2, 0) is 11.3 Å². The minimum atomic E-state index is -0.472. The van der Waals surface area contributed by atoms with E-state index in [-0.39, 0.29) is 18.3 Å². The van der Waals surface area contributed by atoms with Crippen LogP contribution < -0.4 is 4.74 Å². The lowest BCUT2D eigenvalue weighted by atomic mass is 10.1. The van der Waals surface area contributed by atoms with Crippen LogP contribution in [0.5, 0.6) is 5.75 Å². The minimum absolute atomic E-state index is 0.0883. The zero-order valence-electron chi connectivity index (χ0n) is 16.8. The van der Waals surface area contributed by atoms with Crippen molar-refractivity contribution in [2.45, 2.75) is 13.5 Å². The van der Waals surface area contributed by atoms with E-state index in [0.29, 0.717) is 44.4 Å². The second-order valence-corrected chi connectivity index (χ2v) is 7.20. The number of rotatable bonds is 6. The topological polar surface area (TPSA) is 71.7 Å². The first-order valence-electron chi connectivity index (χ1n) is 9.86. The van der Waals surface area contributed by atoms with Gasteiger partial charge in [-0.15, -0.1) is 0 Å². The lowest BCUT2D eigenvalue weighted by Gasteiger charge is -2.33. The molecule has 0 radical (unpaired) electrons. The number of aryl methyl sites for hydroxylation is 1. The molecule has 0 aliphatic carbocycles. The van der Waals surface area contributed by atoms with Crippen LogP contribution in [0.15, 0.2) is 53.1 Å². The molecule has 2 heterocycles. The molecule has 156 valence electrons. The Morgan fingerprint density at radius 1 is 1.10 bits per heavy atom. The van der Waals surface area contributed by atoms with Crippen LogP contribution in [0.1, 0.15) is 11.5 Å². The van der Waals surface area contributed by atoms with Crippen LogP contribution in [0.4, 0.5) is 4.39 Å². The molecule has 1 saturated heterocycles. The van der Waals surface area contributed by atoms with Crippen molar-refractivity contribution >= 4 is 5.91 Å². The van der Waals surface area contributed by atoms with Gasteiger partial charge in [-0.25, -0.2) is 4.39 Å². The summed E-state index contributed by atoms with van der Waals surface area (Å²) in [6.07, 6.45) is 0. The Balaban J connectivity index is 1.26. The van der Waals surface area contributed by atoms with Gasteiger partial charge in [-0.3, -0.25) is 9.69 Å². The van der Waals surface area contributed by atoms with Crippen molar-refractivity contribution in [3.8, 4) is 17.1 Å². The molecule has 2 aromatic carbocycles. The van der Waals surface area contributed by atoms with Crippen molar-refractivity contribution in [1.82, 2.24) is 19.9 Å². The van der Waals surface area contributed by atoms with Gasteiger partial charge in [-0.1, -0.05) is 41.6 Å². The third kappa shape index (κ3) is 4.65. The van der Waals surface area contributed by atoms with Gasteiger partial charge < -0.3 is 14.2 Å². The van der Waals surface area contributed by atoms with Gasteiger partial charge in [-0.2, -0.15) is 4.98 Å². The van der Waals surface area contributed by atoms with Gasteiger partial charge >= 0.3 is 0 Å². The average molecular weight is 410 g/mol. The number of aromatic nitrogens is 2. The van der Waals surface area contributed by atoms with Crippen molar-refractivity contribution in [2.75, 3.05) is 32.8 Å². The van der Waals surface area contributed by atoms with Crippen LogP contribution >= 0.6 is 0 Å². The Morgan fingerprint density at radius 3 is 2.60 bits per heavy atom. The summed E-state index contributed by atoms with van der Waals surface area (Å²) in [4.78, 5) is 20.8. The molecule has 7 nitrogen and oxygen atoms in total. The summed E-state index contributed by atoms with van der Waals surface area (Å²) in [6, 6.07) is 14.0. The largest absolute Gasteiger partial charge is 0.481 e. The normalized spacial score (nSPS) is 14.7. The highest BCUT2D eigenvalue weighted by molar-refractivity contribution is 5.77. The van der Waals surface area contributed by atoms with Crippen molar-refractivity contribution in [3.05, 3.63) is 65.8 Å². The molecular formula is C22H23FN4O3. The summed E-state index contributed by atoms with van der Waals surface area (Å²) in [5, 5.41) is 4.09. The number of carbonyl (C=O) groups is 1. The predicted octanol–water partition coefficient (Wildman–Crippen LogP) is 2.91. The molecule has 1 aliphatic heterocycles. The summed E-state index contributed by atoms with van der Waals surface area (Å²) in [6.45, 7) is 4.88. The molecule has 1 aromatic heterocycles. The smallest absolute Gasteiger partial charge is 0.260 e. The summed E-state index contributed by atoms with van der Waals surface area (Å²) in [5.74, 6) is 0.598. The fraction of sp³-hybridized carbons (Fsp3) is 0.318. The zero-order chi connectivity index (χ0) is 20.9. The molecule has 0 N–H and O–H groups in total. The van der Waals surface area contributed by atoms with Crippen molar-refractivity contribution in [2.24, 2.45) is 0 Å². The highest BCUT2D eigenvalue weighted by Gasteiger charge is 2.23. The number of halogens is 1. The first-order chi connectivity index (χ1) is 14.6. The van der Waals surface area contributed by atoms with Crippen molar-refractivity contribution in [3.63, 3.8) is 0 Å². The standard InChI is InChI=1S/C22H23FN4O3/c1-16-6-2-3-7-17(16)22-24-20(30-25-22)14-26-10-12-27(13-11-26)21(28)15-29-19-9-5-4-8-18(19)23/h2-9H,10-15H2,1H3. The second kappa shape index (κ2) is 9.04. The molecule has 30 heavy (non-hydrogen) atoms. The number of piperazine rings is 1. The molecule has 8 heteroatoms. The Hall–Kier alpha value is -3.26. The van der Waals surface area contributed by atoms with E-state index in [1.54, 1.807) is 17.0 Å². The highest BCUT2D eigenvalue weighted by atomic mass is 19.1. The molecule has 1 fully saturated rings. The molecule has 0 saturated carbocycles. The first kappa shape index (κ1) is 20.0. The van der Waals surface area contributed by atoms with E-state index in [4.69, 9.17) is 9.26 Å². The molecule has 0 atom stereocenters. The molecule has 1 aliphatic rings. The van der Waals surface area contributed by atoms with Crippen molar-refractivity contribution in [1.29, 1.82) is 0 Å². The number of benzene rings is 2. The maximum Gasteiger partial charge on any atom is 0.260 e. The monoisotopic (exact) mass is 410 g/mol. The fourth-order valence-electron chi connectivity index (χ4n) is 3.39. The quantitative estimate of drug-likeness (QED) is 0.622. The molecule has 3 aromatic rings. The molecule has 0 bridgehead atoms. The number of nitrogens with zero attached hydrogens (tertiary/aromatic N) is 4. The molecule has 0 unspecified atom stereocenters. The Bertz CT molecular complexity index is 1010. The maximum atomic E-state index is 13.6. The second-order valence-electron chi connectivity index (χ2n) is 7.20. The minimum Gasteiger partial charge on any atom is -0.481 e. The van der Waals surface area contributed by atoms with E-state index >= 15 is 0 Å². The number of hydrogen-bond donors (Lipinski definition) is 0. The van der Waals surface area contributed by atoms with Gasteiger partial charge in [0.1, 0.15) is 0 Å². The van der Waals surface area contributed by atoms with Crippen LogP contribution in [0.25, 0.3) is 11.4 Å².